The van der Waals surface area contributed by atoms with Crippen LogP contribution in [0.15, 0.2) is 78.9 Å². The molecule has 0 saturated carbocycles. The second-order valence-corrected chi connectivity index (χ2v) is 6.24. The highest BCUT2D eigenvalue weighted by Crippen LogP contribution is 2.28. The summed E-state index contributed by atoms with van der Waals surface area (Å²) in [5, 5.41) is 8.57. The van der Waals surface area contributed by atoms with E-state index in [0.29, 0.717) is 11.4 Å². The molecule has 0 radical (unpaired) electrons. The summed E-state index contributed by atoms with van der Waals surface area (Å²) in [6.07, 6.45) is 1.92. The smallest absolute Gasteiger partial charge is 0.0639 e. The minimum absolute atomic E-state index is 0.415. The highest BCUT2D eigenvalue weighted by Gasteiger charge is 2.11. The van der Waals surface area contributed by atoms with E-state index in [4.69, 9.17) is 11.1 Å². The van der Waals surface area contributed by atoms with E-state index in [0.717, 1.165) is 22.3 Å². The average Bonchev–Trinajstić information content (AvgIpc) is 2.63. The predicted octanol–water partition coefficient (Wildman–Crippen LogP) is 5.39. The maximum atomic E-state index is 8.57. The minimum Gasteiger partial charge on any atom is -0.398 e. The van der Waals surface area contributed by atoms with Gasteiger partial charge >= 0.3 is 0 Å². The SMILES string of the molecule is Cc1ccc(C)c(/C(=C\C(=N)c2ccccc2N)c2ccccc2)c1. The van der Waals surface area contributed by atoms with Crippen LogP contribution in [0, 0.1) is 19.3 Å². The van der Waals surface area contributed by atoms with Crippen molar-refractivity contribution in [1.82, 2.24) is 0 Å². The first-order valence-electron chi connectivity index (χ1n) is 8.34. The summed E-state index contributed by atoms with van der Waals surface area (Å²) in [6.45, 7) is 4.19. The van der Waals surface area contributed by atoms with E-state index in [1.807, 2.05) is 48.5 Å². The van der Waals surface area contributed by atoms with Crippen molar-refractivity contribution in [1.29, 1.82) is 5.41 Å². The first kappa shape index (κ1) is 16.7. The Bertz CT molecular complexity index is 937. The normalized spacial score (nSPS) is 11.4. The zero-order valence-corrected chi connectivity index (χ0v) is 14.6. The number of para-hydroxylation sites is 1. The average molecular weight is 326 g/mol. The van der Waals surface area contributed by atoms with E-state index in [1.165, 1.54) is 11.1 Å². The van der Waals surface area contributed by atoms with Crippen LogP contribution >= 0.6 is 0 Å². The molecule has 0 aromatic heterocycles. The van der Waals surface area contributed by atoms with Crippen LogP contribution in [0.2, 0.25) is 0 Å². The first-order valence-corrected chi connectivity index (χ1v) is 8.34. The van der Waals surface area contributed by atoms with Gasteiger partial charge in [0.15, 0.2) is 0 Å². The number of nitrogen functional groups attached to an aromatic ring is 1. The van der Waals surface area contributed by atoms with Crippen molar-refractivity contribution in [2.45, 2.75) is 13.8 Å². The Morgan fingerprint density at radius 2 is 1.52 bits per heavy atom. The number of benzene rings is 3. The summed E-state index contributed by atoms with van der Waals surface area (Å²) < 4.78 is 0. The van der Waals surface area contributed by atoms with Crippen molar-refractivity contribution >= 4 is 17.0 Å². The number of aryl methyl sites for hydroxylation is 2. The predicted molar refractivity (Wildman–Crippen MR) is 107 cm³/mol. The second-order valence-electron chi connectivity index (χ2n) is 6.24. The van der Waals surface area contributed by atoms with E-state index in [-0.39, 0.29) is 0 Å². The van der Waals surface area contributed by atoms with Crippen LogP contribution in [0.5, 0.6) is 0 Å². The zero-order chi connectivity index (χ0) is 17.8. The van der Waals surface area contributed by atoms with E-state index < -0.39 is 0 Å². The number of nitrogens with two attached hydrogens (primary N) is 1. The van der Waals surface area contributed by atoms with Gasteiger partial charge in [-0.2, -0.15) is 0 Å². The zero-order valence-electron chi connectivity index (χ0n) is 14.6. The molecule has 0 aliphatic heterocycles. The maximum absolute atomic E-state index is 8.57. The third-order valence-corrected chi connectivity index (χ3v) is 4.31. The van der Waals surface area contributed by atoms with Crippen LogP contribution in [-0.2, 0) is 0 Å². The Balaban J connectivity index is 2.17. The molecule has 124 valence electrons. The molecule has 3 aromatic rings. The van der Waals surface area contributed by atoms with Gasteiger partial charge in [0.2, 0.25) is 0 Å². The fourth-order valence-corrected chi connectivity index (χ4v) is 2.92. The van der Waals surface area contributed by atoms with Gasteiger partial charge in [0.05, 0.1) is 5.71 Å². The molecule has 3 rings (SSSR count). The van der Waals surface area contributed by atoms with Gasteiger partial charge in [0.25, 0.3) is 0 Å². The van der Waals surface area contributed by atoms with Crippen molar-refractivity contribution in [2.75, 3.05) is 5.73 Å². The van der Waals surface area contributed by atoms with E-state index in [9.17, 15) is 0 Å². The molecular weight excluding hydrogens is 304 g/mol. The second kappa shape index (κ2) is 7.18. The molecule has 0 spiro atoms. The van der Waals surface area contributed by atoms with Crippen LogP contribution in [0.1, 0.15) is 27.8 Å². The Labute approximate surface area is 149 Å². The van der Waals surface area contributed by atoms with Crippen molar-refractivity contribution < 1.29 is 0 Å². The van der Waals surface area contributed by atoms with Crippen molar-refractivity contribution in [3.8, 4) is 0 Å². The van der Waals surface area contributed by atoms with Gasteiger partial charge in [-0.25, -0.2) is 0 Å². The molecule has 0 fully saturated rings. The quantitative estimate of drug-likeness (QED) is 0.490. The molecule has 0 aliphatic carbocycles. The molecular formula is C23H22N2. The molecule has 0 saturated heterocycles. The topological polar surface area (TPSA) is 49.9 Å². The molecule has 0 unspecified atom stereocenters. The molecule has 3 aromatic carbocycles. The minimum atomic E-state index is 0.415. The molecule has 0 atom stereocenters. The third-order valence-electron chi connectivity index (χ3n) is 4.31. The van der Waals surface area contributed by atoms with E-state index in [1.54, 1.807) is 0 Å². The molecule has 2 nitrogen and oxygen atoms in total. The van der Waals surface area contributed by atoms with Crippen molar-refractivity contribution in [3.05, 3.63) is 107 Å². The highest BCUT2D eigenvalue weighted by molar-refractivity contribution is 6.14. The summed E-state index contributed by atoms with van der Waals surface area (Å²) in [7, 11) is 0. The Morgan fingerprint density at radius 1 is 0.840 bits per heavy atom. The molecule has 2 heteroatoms. The maximum Gasteiger partial charge on any atom is 0.0639 e. The summed E-state index contributed by atoms with van der Waals surface area (Å²) in [5.74, 6) is 0. The highest BCUT2D eigenvalue weighted by atomic mass is 14.6. The first-order chi connectivity index (χ1) is 12.1. The van der Waals surface area contributed by atoms with Crippen molar-refractivity contribution in [3.63, 3.8) is 0 Å². The van der Waals surface area contributed by atoms with Gasteiger partial charge in [-0.15, -0.1) is 0 Å². The lowest BCUT2D eigenvalue weighted by Gasteiger charge is -2.14. The third kappa shape index (κ3) is 3.69. The van der Waals surface area contributed by atoms with Gasteiger partial charge in [-0.1, -0.05) is 72.3 Å². The van der Waals surface area contributed by atoms with Gasteiger partial charge in [-0.3, -0.25) is 0 Å². The fourth-order valence-electron chi connectivity index (χ4n) is 2.92. The summed E-state index contributed by atoms with van der Waals surface area (Å²) in [5.41, 5.74) is 13.5. The molecule has 0 bridgehead atoms. The molecule has 0 amide bonds. The van der Waals surface area contributed by atoms with Crippen LogP contribution in [-0.4, -0.2) is 5.71 Å². The van der Waals surface area contributed by atoms with Crippen LogP contribution in [0.25, 0.3) is 5.57 Å². The lowest BCUT2D eigenvalue weighted by Crippen LogP contribution is -2.03. The van der Waals surface area contributed by atoms with Crippen LogP contribution in [0.4, 0.5) is 5.69 Å². The molecule has 25 heavy (non-hydrogen) atoms. The Morgan fingerprint density at radius 3 is 2.24 bits per heavy atom. The number of allylic oxidation sites excluding steroid dienone is 1. The van der Waals surface area contributed by atoms with Crippen LogP contribution < -0.4 is 5.73 Å². The summed E-state index contributed by atoms with van der Waals surface area (Å²) in [6, 6.07) is 24.1. The largest absolute Gasteiger partial charge is 0.398 e. The lowest BCUT2D eigenvalue weighted by molar-refractivity contribution is 1.36. The lowest BCUT2D eigenvalue weighted by atomic mass is 9.91. The van der Waals surface area contributed by atoms with E-state index in [2.05, 4.69) is 44.2 Å². The molecule has 0 aliphatic rings. The Hall–Kier alpha value is -3.13. The number of rotatable bonds is 4. The summed E-state index contributed by atoms with van der Waals surface area (Å²) >= 11 is 0. The molecule has 3 N–H and O–H groups in total. The van der Waals surface area contributed by atoms with Gasteiger partial charge in [0, 0.05) is 11.3 Å². The van der Waals surface area contributed by atoms with Crippen LogP contribution in [0.3, 0.4) is 0 Å². The Kier molecular flexibility index (Phi) is 4.80. The molecule has 0 heterocycles. The van der Waals surface area contributed by atoms with Gasteiger partial charge < -0.3 is 11.1 Å². The van der Waals surface area contributed by atoms with E-state index >= 15 is 0 Å². The fraction of sp³-hybridized carbons (Fsp3) is 0.0870. The van der Waals surface area contributed by atoms with Gasteiger partial charge in [0.1, 0.15) is 0 Å². The summed E-state index contributed by atoms with van der Waals surface area (Å²) in [4.78, 5) is 0. The monoisotopic (exact) mass is 326 g/mol. The number of nitrogens with one attached hydrogen (secondary N) is 1. The standard InChI is InChI=1S/C23H22N2/c1-16-12-13-17(2)20(14-16)21(18-8-4-3-5-9-18)15-23(25)19-10-6-7-11-22(19)24/h3-15,25H,24H2,1-2H3/b21-15-,25-23?. The van der Waals surface area contributed by atoms with Gasteiger partial charge in [-0.05, 0) is 48.3 Å². The van der Waals surface area contributed by atoms with Crippen molar-refractivity contribution in [2.24, 2.45) is 0 Å². The number of hydrogen-bond donors (Lipinski definition) is 2. The number of hydrogen-bond acceptors (Lipinski definition) is 2. The number of anilines is 1.